The number of carbonyl (C=O) groups excluding carboxylic acids is 2. The first kappa shape index (κ1) is 15.6. The number of amides is 2. The van der Waals surface area contributed by atoms with Gasteiger partial charge in [0.25, 0.3) is 0 Å². The van der Waals surface area contributed by atoms with Crippen LogP contribution in [0.2, 0.25) is 5.02 Å². The first-order valence-corrected chi connectivity index (χ1v) is 7.20. The predicted molar refractivity (Wildman–Crippen MR) is 80.5 cm³/mol. The second-order valence-electron chi connectivity index (χ2n) is 4.58. The zero-order valence-corrected chi connectivity index (χ0v) is 12.5. The quantitative estimate of drug-likeness (QED) is 0.834. The van der Waals surface area contributed by atoms with Crippen LogP contribution in [-0.2, 0) is 9.53 Å². The predicted octanol–water partition coefficient (Wildman–Crippen LogP) is 1.71. The Hall–Kier alpha value is -1.79. The number of esters is 1. The van der Waals surface area contributed by atoms with Crippen molar-refractivity contribution in [3.8, 4) is 0 Å². The highest BCUT2D eigenvalue weighted by Crippen LogP contribution is 2.21. The molecule has 2 rings (SSSR count). The van der Waals surface area contributed by atoms with Gasteiger partial charge in [-0.3, -0.25) is 0 Å². The van der Waals surface area contributed by atoms with Crippen molar-refractivity contribution in [3.63, 3.8) is 0 Å². The number of piperazine rings is 1. The minimum absolute atomic E-state index is 0.287. The Balaban J connectivity index is 2.08. The van der Waals surface area contributed by atoms with Crippen molar-refractivity contribution < 1.29 is 14.3 Å². The van der Waals surface area contributed by atoms with E-state index in [2.05, 4.69) is 10.6 Å². The third kappa shape index (κ3) is 3.86. The molecule has 1 aliphatic rings. The fraction of sp³-hybridized carbons (Fsp3) is 0.429. The number of rotatable bonds is 3. The Morgan fingerprint density at radius 3 is 2.95 bits per heavy atom. The minimum Gasteiger partial charge on any atom is -0.464 e. The maximum Gasteiger partial charge on any atom is 0.330 e. The lowest BCUT2D eigenvalue weighted by atomic mass is 10.2. The molecule has 21 heavy (non-hydrogen) atoms. The van der Waals surface area contributed by atoms with E-state index in [9.17, 15) is 9.59 Å². The van der Waals surface area contributed by atoms with Crippen molar-refractivity contribution >= 4 is 29.3 Å². The lowest BCUT2D eigenvalue weighted by molar-refractivity contribution is -0.148. The molecule has 6 nitrogen and oxygen atoms in total. The summed E-state index contributed by atoms with van der Waals surface area (Å²) in [5.41, 5.74) is 0.519. The molecule has 1 aliphatic heterocycles. The molecule has 7 heteroatoms. The summed E-state index contributed by atoms with van der Waals surface area (Å²) in [4.78, 5) is 25.8. The van der Waals surface area contributed by atoms with E-state index in [1.807, 2.05) is 0 Å². The summed E-state index contributed by atoms with van der Waals surface area (Å²) in [6.07, 6.45) is 0. The van der Waals surface area contributed by atoms with Crippen molar-refractivity contribution in [2.75, 3.05) is 31.6 Å². The Bertz CT molecular complexity index is 524. The van der Waals surface area contributed by atoms with E-state index in [4.69, 9.17) is 16.3 Å². The summed E-state index contributed by atoms with van der Waals surface area (Å²) >= 11 is 6.02. The molecular weight excluding hydrogens is 294 g/mol. The monoisotopic (exact) mass is 311 g/mol. The van der Waals surface area contributed by atoms with Crippen molar-refractivity contribution in [1.29, 1.82) is 0 Å². The minimum atomic E-state index is -0.624. The van der Waals surface area contributed by atoms with Crippen LogP contribution in [0.3, 0.4) is 0 Å². The van der Waals surface area contributed by atoms with Crippen LogP contribution in [-0.4, -0.2) is 49.2 Å². The number of benzene rings is 1. The van der Waals surface area contributed by atoms with E-state index in [1.54, 1.807) is 31.2 Å². The van der Waals surface area contributed by atoms with Gasteiger partial charge in [0.1, 0.15) is 6.04 Å². The fourth-order valence-corrected chi connectivity index (χ4v) is 2.33. The molecule has 1 heterocycles. The molecule has 1 unspecified atom stereocenters. The van der Waals surface area contributed by atoms with Crippen LogP contribution in [0.4, 0.5) is 10.5 Å². The van der Waals surface area contributed by atoms with Gasteiger partial charge in [0.2, 0.25) is 0 Å². The molecule has 0 aliphatic carbocycles. The molecule has 2 N–H and O–H groups in total. The van der Waals surface area contributed by atoms with Gasteiger partial charge in [0.15, 0.2) is 0 Å². The number of carbonyl (C=O) groups is 2. The highest BCUT2D eigenvalue weighted by atomic mass is 35.5. The van der Waals surface area contributed by atoms with Crippen LogP contribution in [0.15, 0.2) is 24.3 Å². The SMILES string of the molecule is CCOC(=O)C1CNCCN1C(=O)Nc1ccccc1Cl. The topological polar surface area (TPSA) is 70.7 Å². The molecule has 1 atom stereocenters. The van der Waals surface area contributed by atoms with Gasteiger partial charge in [-0.2, -0.15) is 0 Å². The summed E-state index contributed by atoms with van der Waals surface area (Å²) in [6.45, 7) is 3.47. The number of halogens is 1. The van der Waals surface area contributed by atoms with Gasteiger partial charge in [0, 0.05) is 19.6 Å². The summed E-state index contributed by atoms with van der Waals surface area (Å²) < 4.78 is 5.01. The Morgan fingerprint density at radius 2 is 2.24 bits per heavy atom. The smallest absolute Gasteiger partial charge is 0.330 e. The largest absolute Gasteiger partial charge is 0.464 e. The van der Waals surface area contributed by atoms with E-state index in [-0.39, 0.29) is 12.6 Å². The van der Waals surface area contributed by atoms with Crippen molar-refractivity contribution in [3.05, 3.63) is 29.3 Å². The molecular formula is C14H18ClN3O3. The van der Waals surface area contributed by atoms with Gasteiger partial charge in [-0.25, -0.2) is 9.59 Å². The molecule has 1 saturated heterocycles. The standard InChI is InChI=1S/C14H18ClN3O3/c1-2-21-13(19)12-9-16-7-8-18(12)14(20)17-11-6-4-3-5-10(11)15/h3-6,12,16H,2,7-9H2,1H3,(H,17,20). The van der Waals surface area contributed by atoms with Crippen LogP contribution in [0.1, 0.15) is 6.92 Å². The number of anilines is 1. The Morgan fingerprint density at radius 1 is 1.48 bits per heavy atom. The van der Waals surface area contributed by atoms with Crippen LogP contribution in [0, 0.1) is 0 Å². The molecule has 114 valence electrons. The number of nitrogens with zero attached hydrogens (tertiary/aromatic N) is 1. The van der Waals surface area contributed by atoms with Gasteiger partial charge in [-0.15, -0.1) is 0 Å². The summed E-state index contributed by atoms with van der Waals surface area (Å²) in [7, 11) is 0. The third-order valence-electron chi connectivity index (χ3n) is 3.18. The zero-order valence-electron chi connectivity index (χ0n) is 11.8. The van der Waals surface area contributed by atoms with Crippen molar-refractivity contribution in [2.45, 2.75) is 13.0 Å². The molecule has 0 spiro atoms. The first-order valence-electron chi connectivity index (χ1n) is 6.83. The highest BCUT2D eigenvalue weighted by Gasteiger charge is 2.33. The Kier molecular flexibility index (Phi) is 5.41. The summed E-state index contributed by atoms with van der Waals surface area (Å²) in [5.74, 6) is -0.404. The average molecular weight is 312 g/mol. The van der Waals surface area contributed by atoms with Crippen molar-refractivity contribution in [2.24, 2.45) is 0 Å². The second kappa shape index (κ2) is 7.28. The molecule has 2 amide bonds. The van der Waals surface area contributed by atoms with Crippen LogP contribution in [0.5, 0.6) is 0 Å². The maximum atomic E-state index is 12.4. The first-order chi connectivity index (χ1) is 10.1. The summed E-state index contributed by atoms with van der Waals surface area (Å²) in [5, 5.41) is 6.26. The van der Waals surface area contributed by atoms with Gasteiger partial charge in [-0.1, -0.05) is 23.7 Å². The van der Waals surface area contributed by atoms with E-state index in [0.29, 0.717) is 30.3 Å². The third-order valence-corrected chi connectivity index (χ3v) is 3.51. The van der Waals surface area contributed by atoms with Gasteiger partial charge in [0.05, 0.1) is 17.3 Å². The Labute approximate surface area is 128 Å². The second-order valence-corrected chi connectivity index (χ2v) is 4.98. The molecule has 1 fully saturated rings. The van der Waals surface area contributed by atoms with E-state index >= 15 is 0 Å². The molecule has 1 aromatic rings. The van der Waals surface area contributed by atoms with Crippen LogP contribution < -0.4 is 10.6 Å². The lowest BCUT2D eigenvalue weighted by Crippen LogP contribution is -2.58. The number of para-hydroxylation sites is 1. The number of nitrogens with one attached hydrogen (secondary N) is 2. The average Bonchev–Trinajstić information content (AvgIpc) is 2.50. The van der Waals surface area contributed by atoms with Crippen molar-refractivity contribution in [1.82, 2.24) is 10.2 Å². The number of urea groups is 1. The van der Waals surface area contributed by atoms with Gasteiger partial charge >= 0.3 is 12.0 Å². The molecule has 0 radical (unpaired) electrons. The molecule has 1 aromatic carbocycles. The molecule has 0 saturated carbocycles. The van der Waals surface area contributed by atoms with E-state index in [1.165, 1.54) is 4.90 Å². The van der Waals surface area contributed by atoms with Gasteiger partial charge in [-0.05, 0) is 19.1 Å². The number of ether oxygens (including phenoxy) is 1. The highest BCUT2D eigenvalue weighted by molar-refractivity contribution is 6.33. The number of hydrogen-bond donors (Lipinski definition) is 2. The van der Waals surface area contributed by atoms with E-state index in [0.717, 1.165) is 0 Å². The lowest BCUT2D eigenvalue weighted by Gasteiger charge is -2.34. The van der Waals surface area contributed by atoms with Crippen LogP contribution in [0.25, 0.3) is 0 Å². The zero-order chi connectivity index (χ0) is 15.2. The fourth-order valence-electron chi connectivity index (χ4n) is 2.15. The number of hydrogen-bond acceptors (Lipinski definition) is 4. The molecule has 0 bridgehead atoms. The van der Waals surface area contributed by atoms with Gasteiger partial charge < -0.3 is 20.3 Å². The van der Waals surface area contributed by atoms with Crippen LogP contribution >= 0.6 is 11.6 Å². The van der Waals surface area contributed by atoms with E-state index < -0.39 is 12.0 Å². The molecule has 0 aromatic heterocycles. The normalized spacial score (nSPS) is 18.2. The maximum absolute atomic E-state index is 12.4. The summed E-state index contributed by atoms with van der Waals surface area (Å²) in [6, 6.07) is 5.98.